The highest BCUT2D eigenvalue weighted by molar-refractivity contribution is 6.23. The maximum Gasteiger partial charge on any atom is 0.335 e. The van der Waals surface area contributed by atoms with Crippen LogP contribution >= 0.6 is 0 Å². The van der Waals surface area contributed by atoms with Crippen molar-refractivity contribution in [1.82, 2.24) is 0 Å². The highest BCUT2D eigenvalue weighted by Gasteiger charge is 2.61. The van der Waals surface area contributed by atoms with Crippen molar-refractivity contribution in [3.8, 4) is 0 Å². The fourth-order valence-electron chi connectivity index (χ4n) is 5.35. The highest BCUT2D eigenvalue weighted by Crippen LogP contribution is 2.56. The first-order chi connectivity index (χ1) is 14.4. The van der Waals surface area contributed by atoms with Gasteiger partial charge in [-0.05, 0) is 73.6 Å². The summed E-state index contributed by atoms with van der Waals surface area (Å²) in [6.45, 7) is 0. The summed E-state index contributed by atoms with van der Waals surface area (Å²) in [6.07, 6.45) is 3.01. The summed E-state index contributed by atoms with van der Waals surface area (Å²) in [7, 11) is 0. The molecule has 2 aromatic carbocycles. The summed E-state index contributed by atoms with van der Waals surface area (Å²) in [5.74, 6) is -1.53. The number of nitrogens with zero attached hydrogens (tertiary/aromatic N) is 1. The van der Waals surface area contributed by atoms with Crippen molar-refractivity contribution in [1.29, 1.82) is 0 Å². The average Bonchev–Trinajstić information content (AvgIpc) is 3.42. The lowest BCUT2D eigenvalue weighted by molar-refractivity contribution is -0.123. The Kier molecular flexibility index (Phi) is 4.20. The van der Waals surface area contributed by atoms with Crippen LogP contribution in [0.3, 0.4) is 0 Å². The number of carboxylic acids is 1. The monoisotopic (exact) mass is 404 g/mol. The van der Waals surface area contributed by atoms with Crippen LogP contribution in [0.2, 0.25) is 0 Å². The van der Waals surface area contributed by atoms with E-state index in [0.717, 1.165) is 19.3 Å². The number of fused-ring (bicyclic) bond motifs is 5. The molecule has 7 heteroatoms. The predicted molar refractivity (Wildman–Crippen MR) is 108 cm³/mol. The normalized spacial score (nSPS) is 26.7. The molecule has 2 aromatic rings. The van der Waals surface area contributed by atoms with Crippen LogP contribution in [-0.4, -0.2) is 28.8 Å². The summed E-state index contributed by atoms with van der Waals surface area (Å²) in [6, 6.07) is 12.3. The van der Waals surface area contributed by atoms with Gasteiger partial charge in [0.05, 0.1) is 23.1 Å². The molecular formula is C23H20N2O5. The quantitative estimate of drug-likeness (QED) is 0.762. The summed E-state index contributed by atoms with van der Waals surface area (Å²) in [5, 5.41) is 11.7. The fraction of sp³-hybridized carbons (Fsp3) is 0.304. The third-order valence-electron chi connectivity index (χ3n) is 6.68. The van der Waals surface area contributed by atoms with Gasteiger partial charge < -0.3 is 10.4 Å². The van der Waals surface area contributed by atoms with Gasteiger partial charge in [-0.25, -0.2) is 4.79 Å². The summed E-state index contributed by atoms with van der Waals surface area (Å²) in [4.78, 5) is 50.9. The number of imide groups is 1. The second-order valence-corrected chi connectivity index (χ2v) is 8.28. The molecule has 1 aliphatic heterocycles. The number of carbonyl (C=O) groups is 4. The van der Waals surface area contributed by atoms with Gasteiger partial charge in [-0.1, -0.05) is 6.07 Å². The molecule has 7 nitrogen and oxygen atoms in total. The van der Waals surface area contributed by atoms with Gasteiger partial charge in [0, 0.05) is 11.3 Å². The van der Waals surface area contributed by atoms with Gasteiger partial charge in [0.2, 0.25) is 11.8 Å². The van der Waals surface area contributed by atoms with E-state index in [1.165, 1.54) is 29.2 Å². The zero-order valence-electron chi connectivity index (χ0n) is 16.1. The SMILES string of the molecule is O=C(O)c1ccc(NC(=O)c2cccc(N3C(=O)[C@@H]4[C@H]5CC[C@@H](C5)[C@@H]4C3=O)c2)cc1. The average molecular weight is 404 g/mol. The zero-order valence-corrected chi connectivity index (χ0v) is 16.1. The Bertz CT molecular complexity index is 1050. The number of amides is 3. The lowest BCUT2D eigenvalue weighted by atomic mass is 9.81. The van der Waals surface area contributed by atoms with Gasteiger partial charge in [0.15, 0.2) is 0 Å². The predicted octanol–water partition coefficient (Wildman–Crippen LogP) is 3.17. The number of hydrogen-bond acceptors (Lipinski definition) is 4. The Morgan fingerprint density at radius 3 is 2.13 bits per heavy atom. The number of carbonyl (C=O) groups excluding carboxylic acids is 3. The second-order valence-electron chi connectivity index (χ2n) is 8.28. The molecule has 2 N–H and O–H groups in total. The van der Waals surface area contributed by atoms with Crippen molar-refractivity contribution >= 4 is 35.1 Å². The minimum absolute atomic E-state index is 0.126. The first-order valence-corrected chi connectivity index (χ1v) is 10.1. The molecule has 0 radical (unpaired) electrons. The Hall–Kier alpha value is -3.48. The molecule has 0 unspecified atom stereocenters. The van der Waals surface area contributed by atoms with Crippen molar-refractivity contribution in [3.05, 3.63) is 59.7 Å². The smallest absolute Gasteiger partial charge is 0.335 e. The van der Waals surface area contributed by atoms with Crippen LogP contribution in [0.1, 0.15) is 40.0 Å². The molecule has 3 fully saturated rings. The van der Waals surface area contributed by atoms with Crippen molar-refractivity contribution in [2.45, 2.75) is 19.3 Å². The van der Waals surface area contributed by atoms with Crippen molar-refractivity contribution in [2.24, 2.45) is 23.7 Å². The molecule has 0 aromatic heterocycles. The third kappa shape index (κ3) is 2.81. The Morgan fingerprint density at radius 1 is 0.900 bits per heavy atom. The van der Waals surface area contributed by atoms with Crippen molar-refractivity contribution < 1.29 is 24.3 Å². The van der Waals surface area contributed by atoms with Gasteiger partial charge in [-0.15, -0.1) is 0 Å². The maximum atomic E-state index is 13.0. The molecule has 4 atom stereocenters. The number of rotatable bonds is 4. The molecule has 1 heterocycles. The lowest BCUT2D eigenvalue weighted by Crippen LogP contribution is -2.33. The number of hydrogen-bond donors (Lipinski definition) is 2. The van der Waals surface area contributed by atoms with Gasteiger partial charge in [-0.2, -0.15) is 0 Å². The van der Waals surface area contributed by atoms with Crippen LogP contribution in [0.5, 0.6) is 0 Å². The van der Waals surface area contributed by atoms with Gasteiger partial charge >= 0.3 is 5.97 Å². The molecule has 2 aliphatic carbocycles. The standard InChI is InChI=1S/C23H20N2O5/c26-20(24-16-8-6-12(7-9-16)23(29)30)15-2-1-3-17(11-15)25-21(27)18-13-4-5-14(10-13)19(18)22(25)28/h1-3,6-9,11,13-14,18-19H,4-5,10H2,(H,24,26)(H,29,30)/t13-,14-,18-,19+/m0/s1. The van der Waals surface area contributed by atoms with Crippen molar-refractivity contribution in [3.63, 3.8) is 0 Å². The first kappa shape index (κ1) is 18.5. The van der Waals surface area contributed by atoms with E-state index in [2.05, 4.69) is 5.32 Å². The van der Waals surface area contributed by atoms with Crippen LogP contribution in [0.4, 0.5) is 11.4 Å². The molecular weight excluding hydrogens is 384 g/mol. The molecule has 0 spiro atoms. The molecule has 3 aliphatic rings. The molecule has 30 heavy (non-hydrogen) atoms. The van der Waals surface area contributed by atoms with Crippen LogP contribution in [0, 0.1) is 23.7 Å². The number of carboxylic acid groups (broad SMARTS) is 1. The Morgan fingerprint density at radius 2 is 1.53 bits per heavy atom. The largest absolute Gasteiger partial charge is 0.478 e. The maximum absolute atomic E-state index is 13.0. The number of anilines is 2. The molecule has 152 valence electrons. The minimum atomic E-state index is -1.04. The van der Waals surface area contributed by atoms with E-state index in [1.807, 2.05) is 0 Å². The molecule has 2 saturated carbocycles. The van der Waals surface area contributed by atoms with E-state index in [1.54, 1.807) is 24.3 Å². The highest BCUT2D eigenvalue weighted by atomic mass is 16.4. The lowest BCUT2D eigenvalue weighted by Gasteiger charge is -2.19. The fourth-order valence-corrected chi connectivity index (χ4v) is 5.35. The van der Waals surface area contributed by atoms with E-state index in [-0.39, 0.29) is 29.2 Å². The van der Waals surface area contributed by atoms with E-state index in [0.29, 0.717) is 28.8 Å². The van der Waals surface area contributed by atoms with Gasteiger partial charge in [-0.3, -0.25) is 19.3 Å². The van der Waals surface area contributed by atoms with Crippen molar-refractivity contribution in [2.75, 3.05) is 10.2 Å². The van der Waals surface area contributed by atoms with Crippen LogP contribution in [0.15, 0.2) is 48.5 Å². The minimum Gasteiger partial charge on any atom is -0.478 e. The third-order valence-corrected chi connectivity index (χ3v) is 6.68. The van der Waals surface area contributed by atoms with Gasteiger partial charge in [0.25, 0.3) is 5.91 Å². The number of benzene rings is 2. The van der Waals surface area contributed by atoms with Crippen LogP contribution < -0.4 is 10.2 Å². The van der Waals surface area contributed by atoms with E-state index in [4.69, 9.17) is 5.11 Å². The van der Waals surface area contributed by atoms with E-state index >= 15 is 0 Å². The van der Waals surface area contributed by atoms with Gasteiger partial charge in [0.1, 0.15) is 0 Å². The summed E-state index contributed by atoms with van der Waals surface area (Å²) in [5.41, 5.74) is 1.32. The topological polar surface area (TPSA) is 104 Å². The molecule has 3 amide bonds. The first-order valence-electron chi connectivity index (χ1n) is 10.1. The summed E-state index contributed by atoms with van der Waals surface area (Å²) < 4.78 is 0. The Labute approximate surface area is 172 Å². The second kappa shape index (κ2) is 6.79. The molecule has 2 bridgehead atoms. The Balaban J connectivity index is 1.37. The van der Waals surface area contributed by atoms with E-state index < -0.39 is 11.9 Å². The zero-order chi connectivity index (χ0) is 21.0. The number of aromatic carboxylic acids is 1. The van der Waals surface area contributed by atoms with Crippen LogP contribution in [0.25, 0.3) is 0 Å². The number of nitrogens with one attached hydrogen (secondary N) is 1. The molecule has 5 rings (SSSR count). The molecule has 1 saturated heterocycles. The van der Waals surface area contributed by atoms with E-state index in [9.17, 15) is 19.2 Å². The summed E-state index contributed by atoms with van der Waals surface area (Å²) >= 11 is 0. The van der Waals surface area contributed by atoms with Crippen LogP contribution in [-0.2, 0) is 9.59 Å².